The zero-order valence-corrected chi connectivity index (χ0v) is 9.14. The molecule has 0 aliphatic rings. The maximum atomic E-state index is 10.5. The van der Waals surface area contributed by atoms with E-state index in [-0.39, 0.29) is 5.69 Å². The number of nitro groups is 1. The van der Waals surface area contributed by atoms with Gasteiger partial charge in [0.05, 0.1) is 16.3 Å². The van der Waals surface area contributed by atoms with Gasteiger partial charge in [0.2, 0.25) is 0 Å². The van der Waals surface area contributed by atoms with Gasteiger partial charge in [-0.25, -0.2) is 0 Å². The number of benzene rings is 1. The number of nitrogens with two attached hydrogens (primary N) is 1. The number of nitro benzene ring substituents is 1. The van der Waals surface area contributed by atoms with Crippen LogP contribution in [0.15, 0.2) is 30.4 Å². The molecule has 1 rings (SSSR count). The van der Waals surface area contributed by atoms with Gasteiger partial charge in [0.25, 0.3) is 5.69 Å². The minimum absolute atomic E-state index is 0.0107. The van der Waals surface area contributed by atoms with Crippen molar-refractivity contribution in [2.24, 2.45) is 0 Å². The minimum Gasteiger partial charge on any atom is -0.397 e. The molecule has 16 heavy (non-hydrogen) atoms. The van der Waals surface area contributed by atoms with E-state index in [0.717, 1.165) is 18.7 Å². The van der Waals surface area contributed by atoms with Gasteiger partial charge in [0.1, 0.15) is 0 Å². The average molecular weight is 221 g/mol. The van der Waals surface area contributed by atoms with Crippen LogP contribution in [-0.2, 0) is 0 Å². The molecule has 0 bridgehead atoms. The average Bonchev–Trinajstić information content (AvgIpc) is 2.26. The monoisotopic (exact) mass is 221 g/mol. The van der Waals surface area contributed by atoms with Crippen molar-refractivity contribution in [2.75, 3.05) is 17.6 Å². The number of allylic oxidation sites excluding steroid dienone is 1. The fraction of sp³-hybridized carbons (Fsp3) is 0.273. The summed E-state index contributed by atoms with van der Waals surface area (Å²) in [4.78, 5) is 10.0. The van der Waals surface area contributed by atoms with Crippen LogP contribution < -0.4 is 11.1 Å². The van der Waals surface area contributed by atoms with Crippen LogP contribution in [0.1, 0.15) is 13.3 Å². The Balaban J connectivity index is 2.64. The Morgan fingerprint density at radius 1 is 1.56 bits per heavy atom. The van der Waals surface area contributed by atoms with Crippen molar-refractivity contribution in [1.82, 2.24) is 0 Å². The molecule has 0 saturated carbocycles. The summed E-state index contributed by atoms with van der Waals surface area (Å²) in [6.45, 7) is 2.71. The highest BCUT2D eigenvalue weighted by atomic mass is 16.6. The second-order valence-electron chi connectivity index (χ2n) is 3.31. The molecular formula is C11H15N3O2. The molecule has 0 radical (unpaired) electrons. The first-order valence-corrected chi connectivity index (χ1v) is 5.04. The maximum Gasteiger partial charge on any atom is 0.271 e. The molecule has 0 aromatic heterocycles. The van der Waals surface area contributed by atoms with E-state index >= 15 is 0 Å². The summed E-state index contributed by atoms with van der Waals surface area (Å²) in [5.41, 5.74) is 6.83. The molecule has 1 aromatic rings. The SMILES string of the molecule is C/C=C/CCNc1ccc([N+](=O)[O-])cc1N. The lowest BCUT2D eigenvalue weighted by atomic mass is 10.2. The predicted octanol–water partition coefficient (Wildman–Crippen LogP) is 2.56. The van der Waals surface area contributed by atoms with Gasteiger partial charge < -0.3 is 11.1 Å². The van der Waals surface area contributed by atoms with E-state index in [0.29, 0.717) is 5.69 Å². The fourth-order valence-corrected chi connectivity index (χ4v) is 1.28. The summed E-state index contributed by atoms with van der Waals surface area (Å²) in [6.07, 6.45) is 4.91. The van der Waals surface area contributed by atoms with Crippen LogP contribution in [0.25, 0.3) is 0 Å². The lowest BCUT2D eigenvalue weighted by Crippen LogP contribution is -2.03. The zero-order chi connectivity index (χ0) is 12.0. The highest BCUT2D eigenvalue weighted by Gasteiger charge is 2.07. The van der Waals surface area contributed by atoms with Crippen LogP contribution in [0, 0.1) is 10.1 Å². The van der Waals surface area contributed by atoms with Gasteiger partial charge in [0, 0.05) is 18.7 Å². The summed E-state index contributed by atoms with van der Waals surface area (Å²) in [7, 11) is 0. The van der Waals surface area contributed by atoms with E-state index in [9.17, 15) is 10.1 Å². The van der Waals surface area contributed by atoms with Crippen LogP contribution in [-0.4, -0.2) is 11.5 Å². The molecule has 0 fully saturated rings. The van der Waals surface area contributed by atoms with E-state index < -0.39 is 4.92 Å². The first-order valence-electron chi connectivity index (χ1n) is 5.04. The van der Waals surface area contributed by atoms with Crippen molar-refractivity contribution in [3.05, 3.63) is 40.5 Å². The molecule has 5 heteroatoms. The second-order valence-corrected chi connectivity index (χ2v) is 3.31. The lowest BCUT2D eigenvalue weighted by Gasteiger charge is -2.07. The Labute approximate surface area is 94.1 Å². The first-order chi connectivity index (χ1) is 7.65. The highest BCUT2D eigenvalue weighted by molar-refractivity contribution is 5.69. The Bertz CT molecular complexity index is 402. The third-order valence-corrected chi connectivity index (χ3v) is 2.11. The van der Waals surface area contributed by atoms with Gasteiger partial charge in [-0.05, 0) is 19.4 Å². The first kappa shape index (κ1) is 12.0. The molecule has 5 nitrogen and oxygen atoms in total. The molecule has 0 amide bonds. The molecule has 0 spiro atoms. The molecular weight excluding hydrogens is 206 g/mol. The van der Waals surface area contributed by atoms with Gasteiger partial charge in [-0.2, -0.15) is 0 Å². The number of hydrogen-bond acceptors (Lipinski definition) is 4. The van der Waals surface area contributed by atoms with Crippen molar-refractivity contribution in [3.63, 3.8) is 0 Å². The second kappa shape index (κ2) is 5.75. The highest BCUT2D eigenvalue weighted by Crippen LogP contribution is 2.23. The Morgan fingerprint density at radius 3 is 2.88 bits per heavy atom. The minimum atomic E-state index is -0.458. The summed E-state index contributed by atoms with van der Waals surface area (Å²) < 4.78 is 0. The summed E-state index contributed by atoms with van der Waals surface area (Å²) in [6, 6.07) is 4.43. The van der Waals surface area contributed by atoms with Gasteiger partial charge in [-0.3, -0.25) is 10.1 Å². The van der Waals surface area contributed by atoms with Crippen LogP contribution in [0.3, 0.4) is 0 Å². The van der Waals surface area contributed by atoms with Gasteiger partial charge in [-0.15, -0.1) is 0 Å². The Kier molecular flexibility index (Phi) is 4.32. The van der Waals surface area contributed by atoms with Gasteiger partial charge in [0.15, 0.2) is 0 Å². The zero-order valence-electron chi connectivity index (χ0n) is 9.14. The normalized spacial score (nSPS) is 10.6. The number of nitrogens with one attached hydrogen (secondary N) is 1. The van der Waals surface area contributed by atoms with Crippen molar-refractivity contribution < 1.29 is 4.92 Å². The number of nitrogen functional groups attached to an aromatic ring is 1. The van der Waals surface area contributed by atoms with Gasteiger partial charge >= 0.3 is 0 Å². The largest absolute Gasteiger partial charge is 0.397 e. The van der Waals surface area contributed by atoms with Crippen LogP contribution in [0.2, 0.25) is 0 Å². The summed E-state index contributed by atoms with van der Waals surface area (Å²) >= 11 is 0. The molecule has 0 aliphatic heterocycles. The third kappa shape index (κ3) is 3.27. The molecule has 0 atom stereocenters. The molecule has 0 aliphatic carbocycles. The third-order valence-electron chi connectivity index (χ3n) is 2.11. The summed E-state index contributed by atoms with van der Waals surface area (Å²) in [5.74, 6) is 0. The molecule has 0 saturated heterocycles. The van der Waals surface area contributed by atoms with E-state index in [1.165, 1.54) is 12.1 Å². The number of rotatable bonds is 5. The number of nitrogens with zero attached hydrogens (tertiary/aromatic N) is 1. The summed E-state index contributed by atoms with van der Waals surface area (Å²) in [5, 5.41) is 13.6. The van der Waals surface area contributed by atoms with E-state index in [1.54, 1.807) is 6.07 Å². The molecule has 0 heterocycles. The van der Waals surface area contributed by atoms with Crippen LogP contribution in [0.5, 0.6) is 0 Å². The lowest BCUT2D eigenvalue weighted by molar-refractivity contribution is -0.384. The van der Waals surface area contributed by atoms with Crippen LogP contribution >= 0.6 is 0 Å². The quantitative estimate of drug-likeness (QED) is 0.263. The van der Waals surface area contributed by atoms with Crippen molar-refractivity contribution in [1.29, 1.82) is 0 Å². The van der Waals surface area contributed by atoms with E-state index in [4.69, 9.17) is 5.73 Å². The molecule has 3 N–H and O–H groups in total. The number of hydrogen-bond donors (Lipinski definition) is 2. The van der Waals surface area contributed by atoms with Gasteiger partial charge in [-0.1, -0.05) is 12.2 Å². The Hall–Kier alpha value is -2.04. The smallest absolute Gasteiger partial charge is 0.271 e. The van der Waals surface area contributed by atoms with E-state index in [1.807, 2.05) is 19.1 Å². The topological polar surface area (TPSA) is 81.2 Å². The maximum absolute atomic E-state index is 10.5. The molecule has 1 aromatic carbocycles. The van der Waals surface area contributed by atoms with Crippen molar-refractivity contribution >= 4 is 17.1 Å². The van der Waals surface area contributed by atoms with Crippen molar-refractivity contribution in [2.45, 2.75) is 13.3 Å². The van der Waals surface area contributed by atoms with Crippen molar-refractivity contribution in [3.8, 4) is 0 Å². The number of anilines is 2. The standard InChI is InChI=1S/C11H15N3O2/c1-2-3-4-7-13-11-6-5-9(14(15)16)8-10(11)12/h2-3,5-6,8,13H,4,7,12H2,1H3/b3-2+. The number of non-ortho nitro benzene ring substituents is 1. The predicted molar refractivity (Wildman–Crippen MR) is 65.4 cm³/mol. The van der Waals surface area contributed by atoms with Crippen LogP contribution in [0.4, 0.5) is 17.1 Å². The van der Waals surface area contributed by atoms with E-state index in [2.05, 4.69) is 5.32 Å². The Morgan fingerprint density at radius 2 is 2.31 bits per heavy atom. The molecule has 86 valence electrons. The molecule has 0 unspecified atom stereocenters. The fourth-order valence-electron chi connectivity index (χ4n) is 1.28.